The second kappa shape index (κ2) is 7.97. The van der Waals surface area contributed by atoms with Crippen LogP contribution in [-0.2, 0) is 11.6 Å². The van der Waals surface area contributed by atoms with E-state index in [0.717, 1.165) is 5.56 Å². The minimum Gasteiger partial charge on any atom is -0.286 e. The van der Waals surface area contributed by atoms with Gasteiger partial charge in [0.2, 0.25) is 5.69 Å². The number of hydrogen-bond donors (Lipinski definition) is 2. The first-order valence-electron chi connectivity index (χ1n) is 8.42. The van der Waals surface area contributed by atoms with E-state index in [9.17, 15) is 38.2 Å². The average molecular weight is 426 g/mol. The number of hydrazine groups is 1. The standard InChI is InChI=1S/C18H17F3N4O5/c1-17(2,3)11-6-4-10(5-7-11)16(26)23-22-15-13(24(27)28)8-12(18(19,20)21)9-14(15)25(29)30/h4-9,22H,1-3H3,(H,23,26). The number of nitro benzene ring substituents is 2. The molecule has 160 valence electrons. The van der Waals surface area contributed by atoms with Gasteiger partial charge in [-0.3, -0.25) is 35.9 Å². The summed E-state index contributed by atoms with van der Waals surface area (Å²) in [5.41, 5.74) is 0.0973. The Labute approximate surface area is 168 Å². The lowest BCUT2D eigenvalue weighted by Gasteiger charge is -2.19. The first-order chi connectivity index (χ1) is 13.7. The predicted molar refractivity (Wildman–Crippen MR) is 101 cm³/mol. The summed E-state index contributed by atoms with van der Waals surface area (Å²) < 4.78 is 38.8. The maximum atomic E-state index is 12.9. The molecule has 9 nitrogen and oxygen atoms in total. The summed E-state index contributed by atoms with van der Waals surface area (Å²) >= 11 is 0. The lowest BCUT2D eigenvalue weighted by molar-refractivity contribution is -0.392. The third-order valence-electron chi connectivity index (χ3n) is 4.13. The Kier molecular flexibility index (Phi) is 6.00. The summed E-state index contributed by atoms with van der Waals surface area (Å²) in [6, 6.07) is 6.65. The number of nitro groups is 2. The molecule has 0 aliphatic carbocycles. The molecule has 2 aromatic carbocycles. The number of amides is 1. The van der Waals surface area contributed by atoms with Crippen molar-refractivity contribution in [2.24, 2.45) is 0 Å². The summed E-state index contributed by atoms with van der Waals surface area (Å²) in [7, 11) is 0. The van der Waals surface area contributed by atoms with E-state index in [-0.39, 0.29) is 23.1 Å². The van der Waals surface area contributed by atoms with E-state index in [2.05, 4.69) is 0 Å². The van der Waals surface area contributed by atoms with Gasteiger partial charge in [-0.25, -0.2) is 0 Å². The summed E-state index contributed by atoms with van der Waals surface area (Å²) in [6.07, 6.45) is -5.04. The van der Waals surface area contributed by atoms with Gasteiger partial charge in [0.05, 0.1) is 15.4 Å². The summed E-state index contributed by atoms with van der Waals surface area (Å²) in [4.78, 5) is 32.2. The number of rotatable bonds is 5. The molecule has 0 aliphatic rings. The molecule has 2 N–H and O–H groups in total. The van der Waals surface area contributed by atoms with E-state index in [1.54, 1.807) is 12.1 Å². The van der Waals surface area contributed by atoms with Crippen LogP contribution >= 0.6 is 0 Å². The van der Waals surface area contributed by atoms with Gasteiger partial charge in [0.1, 0.15) is 0 Å². The van der Waals surface area contributed by atoms with E-state index in [1.165, 1.54) is 12.1 Å². The van der Waals surface area contributed by atoms with Crippen molar-refractivity contribution in [3.05, 3.63) is 73.3 Å². The molecule has 0 atom stereocenters. The molecule has 0 fully saturated rings. The molecule has 0 unspecified atom stereocenters. The van der Waals surface area contributed by atoms with Crippen molar-refractivity contribution < 1.29 is 27.8 Å². The molecule has 2 aromatic rings. The molecule has 0 aliphatic heterocycles. The quantitative estimate of drug-likeness (QED) is 0.532. The Morgan fingerprint density at radius 1 is 0.900 bits per heavy atom. The molecule has 0 heterocycles. The van der Waals surface area contributed by atoms with Gasteiger partial charge in [-0.15, -0.1) is 0 Å². The van der Waals surface area contributed by atoms with Crippen LogP contribution in [0.5, 0.6) is 0 Å². The normalized spacial score (nSPS) is 11.7. The van der Waals surface area contributed by atoms with Gasteiger partial charge in [0, 0.05) is 17.7 Å². The molecule has 30 heavy (non-hydrogen) atoms. The maximum Gasteiger partial charge on any atom is 0.416 e. The summed E-state index contributed by atoms with van der Waals surface area (Å²) in [6.45, 7) is 5.89. The molecule has 0 spiro atoms. The fourth-order valence-corrected chi connectivity index (χ4v) is 2.50. The van der Waals surface area contributed by atoms with Crippen molar-refractivity contribution in [3.63, 3.8) is 0 Å². The number of carbonyl (C=O) groups is 1. The first-order valence-corrected chi connectivity index (χ1v) is 8.42. The Morgan fingerprint density at radius 3 is 1.73 bits per heavy atom. The SMILES string of the molecule is CC(C)(C)c1ccc(C(=O)NNc2c([N+](=O)[O-])cc(C(F)(F)F)cc2[N+](=O)[O-])cc1. The second-order valence-corrected chi connectivity index (χ2v) is 7.31. The third-order valence-corrected chi connectivity index (χ3v) is 4.13. The molecule has 0 saturated carbocycles. The van der Waals surface area contributed by atoms with Crippen LogP contribution in [0.2, 0.25) is 0 Å². The van der Waals surface area contributed by atoms with Crippen LogP contribution in [0.15, 0.2) is 36.4 Å². The van der Waals surface area contributed by atoms with Gasteiger partial charge in [-0.05, 0) is 23.1 Å². The molecule has 0 bridgehead atoms. The Bertz CT molecular complexity index is 963. The number of halogens is 3. The zero-order valence-electron chi connectivity index (χ0n) is 16.0. The van der Waals surface area contributed by atoms with Crippen LogP contribution in [0.25, 0.3) is 0 Å². The summed E-state index contributed by atoms with van der Waals surface area (Å²) in [5, 5.41) is 22.4. The molecule has 0 saturated heterocycles. The largest absolute Gasteiger partial charge is 0.416 e. The molecule has 0 aromatic heterocycles. The highest BCUT2D eigenvalue weighted by Crippen LogP contribution is 2.40. The van der Waals surface area contributed by atoms with Crippen LogP contribution < -0.4 is 10.9 Å². The van der Waals surface area contributed by atoms with Crippen LogP contribution in [-0.4, -0.2) is 15.8 Å². The van der Waals surface area contributed by atoms with Crippen molar-refractivity contribution in [3.8, 4) is 0 Å². The topological polar surface area (TPSA) is 127 Å². The second-order valence-electron chi connectivity index (χ2n) is 7.31. The van der Waals surface area contributed by atoms with Crippen LogP contribution in [0.3, 0.4) is 0 Å². The lowest BCUT2D eigenvalue weighted by Crippen LogP contribution is -2.30. The Hall–Kier alpha value is -3.70. The van der Waals surface area contributed by atoms with Crippen molar-refractivity contribution in [2.75, 3.05) is 5.43 Å². The predicted octanol–water partition coefficient (Wildman–Crippen LogP) is 4.58. The smallest absolute Gasteiger partial charge is 0.286 e. The van der Waals surface area contributed by atoms with Gasteiger partial charge in [0.15, 0.2) is 0 Å². The van der Waals surface area contributed by atoms with Crippen molar-refractivity contribution in [2.45, 2.75) is 32.4 Å². The number of alkyl halides is 3. The van der Waals surface area contributed by atoms with Crippen LogP contribution in [0.4, 0.5) is 30.2 Å². The average Bonchev–Trinajstić information content (AvgIpc) is 2.63. The highest BCUT2D eigenvalue weighted by molar-refractivity contribution is 5.95. The van der Waals surface area contributed by atoms with E-state index < -0.39 is 44.6 Å². The lowest BCUT2D eigenvalue weighted by atomic mass is 9.87. The number of hydrogen-bond acceptors (Lipinski definition) is 6. The Morgan fingerprint density at radius 2 is 1.37 bits per heavy atom. The van der Waals surface area contributed by atoms with Gasteiger partial charge in [-0.1, -0.05) is 32.9 Å². The number of nitrogens with zero attached hydrogens (tertiary/aromatic N) is 2. The van der Waals surface area contributed by atoms with E-state index >= 15 is 0 Å². The molecule has 12 heteroatoms. The summed E-state index contributed by atoms with van der Waals surface area (Å²) in [5.74, 6) is -0.793. The molecular formula is C18H17F3N4O5. The van der Waals surface area contributed by atoms with Crippen molar-refractivity contribution in [1.29, 1.82) is 0 Å². The maximum absolute atomic E-state index is 12.9. The monoisotopic (exact) mass is 426 g/mol. The molecule has 1 amide bonds. The van der Waals surface area contributed by atoms with Crippen molar-refractivity contribution >= 4 is 23.0 Å². The van der Waals surface area contributed by atoms with Crippen LogP contribution in [0.1, 0.15) is 42.3 Å². The van der Waals surface area contributed by atoms with Crippen LogP contribution in [0, 0.1) is 20.2 Å². The van der Waals surface area contributed by atoms with Gasteiger partial charge in [0.25, 0.3) is 5.91 Å². The highest BCUT2D eigenvalue weighted by Gasteiger charge is 2.37. The number of nitrogens with one attached hydrogen (secondary N) is 2. The molecule has 2 rings (SSSR count). The number of carbonyl (C=O) groups excluding carboxylic acids is 1. The Balaban J connectivity index is 2.36. The number of anilines is 1. The van der Waals surface area contributed by atoms with Gasteiger partial charge in [-0.2, -0.15) is 13.2 Å². The minimum atomic E-state index is -5.04. The van der Waals surface area contributed by atoms with E-state index in [4.69, 9.17) is 0 Å². The van der Waals surface area contributed by atoms with E-state index in [1.807, 2.05) is 31.6 Å². The van der Waals surface area contributed by atoms with Crippen molar-refractivity contribution in [1.82, 2.24) is 5.43 Å². The number of benzene rings is 2. The highest BCUT2D eigenvalue weighted by atomic mass is 19.4. The van der Waals surface area contributed by atoms with E-state index in [0.29, 0.717) is 0 Å². The fourth-order valence-electron chi connectivity index (χ4n) is 2.50. The molecular weight excluding hydrogens is 409 g/mol. The zero-order chi connectivity index (χ0) is 22.9. The molecule has 0 radical (unpaired) electrons. The zero-order valence-corrected chi connectivity index (χ0v) is 16.0. The fraction of sp³-hybridized carbons (Fsp3) is 0.278. The minimum absolute atomic E-state index is 0.132. The first kappa shape index (κ1) is 22.6. The van der Waals surface area contributed by atoms with Gasteiger partial charge >= 0.3 is 17.6 Å². The third kappa shape index (κ3) is 5.01. The van der Waals surface area contributed by atoms with Gasteiger partial charge < -0.3 is 0 Å².